The SMILES string of the molecule is Fc1ccc(C2CCCN2c2ncnc(Nc3cc(-c4ccccn4)[nH]n3)n2)cc1. The van der Waals surface area contributed by atoms with Gasteiger partial charge in [-0.25, -0.2) is 14.4 Å². The number of hydrogen-bond donors (Lipinski definition) is 2. The molecule has 30 heavy (non-hydrogen) atoms. The van der Waals surface area contributed by atoms with Crippen LogP contribution < -0.4 is 10.2 Å². The Bertz CT molecular complexity index is 1130. The number of rotatable bonds is 5. The summed E-state index contributed by atoms with van der Waals surface area (Å²) in [7, 11) is 0. The highest BCUT2D eigenvalue weighted by atomic mass is 19.1. The number of benzene rings is 1. The second-order valence-electron chi connectivity index (χ2n) is 7.02. The van der Waals surface area contributed by atoms with E-state index in [9.17, 15) is 4.39 Å². The summed E-state index contributed by atoms with van der Waals surface area (Å²) in [6.07, 6.45) is 5.20. The molecule has 5 rings (SSSR count). The molecule has 8 nitrogen and oxygen atoms in total. The highest BCUT2D eigenvalue weighted by Gasteiger charge is 2.28. The van der Waals surface area contributed by atoms with Crippen LogP contribution in [-0.4, -0.2) is 36.7 Å². The van der Waals surface area contributed by atoms with Crippen LogP contribution in [0.1, 0.15) is 24.4 Å². The van der Waals surface area contributed by atoms with Crippen LogP contribution >= 0.6 is 0 Å². The number of nitrogens with zero attached hydrogens (tertiary/aromatic N) is 6. The van der Waals surface area contributed by atoms with Crippen LogP contribution in [0.5, 0.6) is 0 Å². The lowest BCUT2D eigenvalue weighted by molar-refractivity contribution is 0.624. The number of hydrogen-bond acceptors (Lipinski definition) is 7. The third-order valence-corrected chi connectivity index (χ3v) is 5.08. The molecule has 4 heterocycles. The first-order valence-electron chi connectivity index (χ1n) is 9.71. The van der Waals surface area contributed by atoms with Gasteiger partial charge in [-0.05, 0) is 42.7 Å². The Morgan fingerprint density at radius 2 is 1.97 bits per heavy atom. The van der Waals surface area contributed by atoms with Crippen LogP contribution in [0.3, 0.4) is 0 Å². The van der Waals surface area contributed by atoms with Crippen molar-refractivity contribution in [1.29, 1.82) is 0 Å². The molecule has 1 saturated heterocycles. The monoisotopic (exact) mass is 402 g/mol. The van der Waals surface area contributed by atoms with Crippen molar-refractivity contribution in [3.05, 3.63) is 72.4 Å². The van der Waals surface area contributed by atoms with Gasteiger partial charge in [-0.2, -0.15) is 10.1 Å². The molecular weight excluding hydrogens is 383 g/mol. The molecule has 150 valence electrons. The summed E-state index contributed by atoms with van der Waals surface area (Å²) in [4.78, 5) is 19.6. The van der Waals surface area contributed by atoms with E-state index in [-0.39, 0.29) is 11.9 Å². The van der Waals surface area contributed by atoms with E-state index in [0.29, 0.717) is 17.7 Å². The zero-order chi connectivity index (χ0) is 20.3. The van der Waals surface area contributed by atoms with Crippen molar-refractivity contribution in [2.24, 2.45) is 0 Å². The second kappa shape index (κ2) is 7.86. The van der Waals surface area contributed by atoms with Gasteiger partial charge in [0.25, 0.3) is 0 Å². The number of pyridine rings is 1. The lowest BCUT2D eigenvalue weighted by Gasteiger charge is -2.25. The fraction of sp³-hybridized carbons (Fsp3) is 0.190. The maximum atomic E-state index is 13.3. The summed E-state index contributed by atoms with van der Waals surface area (Å²) in [5, 5.41) is 10.3. The van der Waals surface area contributed by atoms with E-state index in [1.54, 1.807) is 6.20 Å². The predicted octanol–water partition coefficient (Wildman–Crippen LogP) is 3.88. The predicted molar refractivity (Wildman–Crippen MR) is 111 cm³/mol. The smallest absolute Gasteiger partial charge is 0.233 e. The van der Waals surface area contributed by atoms with Crippen molar-refractivity contribution < 1.29 is 4.39 Å². The quantitative estimate of drug-likeness (QED) is 0.523. The number of aromatic nitrogens is 6. The first-order chi connectivity index (χ1) is 14.8. The Morgan fingerprint density at radius 1 is 1.07 bits per heavy atom. The standard InChI is InChI=1S/C21H19FN8/c22-15-8-6-14(7-9-15)18-5-3-11-30(18)21-25-13-24-20(27-21)26-19-12-17(28-29-19)16-4-1-2-10-23-16/h1-2,4,6-10,12-13,18H,3,5,11H2,(H2,24,25,26,27,28,29). The van der Waals surface area contributed by atoms with Gasteiger partial charge in [-0.3, -0.25) is 10.1 Å². The van der Waals surface area contributed by atoms with Crippen molar-refractivity contribution in [1.82, 2.24) is 30.1 Å². The lowest BCUT2D eigenvalue weighted by Crippen LogP contribution is -2.25. The van der Waals surface area contributed by atoms with Gasteiger partial charge in [0.1, 0.15) is 12.1 Å². The first kappa shape index (κ1) is 18.2. The van der Waals surface area contributed by atoms with Crippen LogP contribution in [0.15, 0.2) is 61.1 Å². The summed E-state index contributed by atoms with van der Waals surface area (Å²) in [5.41, 5.74) is 2.65. The molecule has 0 radical (unpaired) electrons. The Labute approximate surface area is 172 Å². The molecule has 1 aliphatic rings. The Balaban J connectivity index is 1.35. The van der Waals surface area contributed by atoms with E-state index in [4.69, 9.17) is 0 Å². The maximum absolute atomic E-state index is 13.3. The van der Waals surface area contributed by atoms with E-state index in [2.05, 4.69) is 40.3 Å². The Kier molecular flexibility index (Phi) is 4.76. The number of aromatic amines is 1. The van der Waals surface area contributed by atoms with Gasteiger partial charge >= 0.3 is 0 Å². The molecule has 1 atom stereocenters. The molecule has 1 aromatic carbocycles. The molecule has 9 heteroatoms. The highest BCUT2D eigenvalue weighted by Crippen LogP contribution is 2.34. The lowest BCUT2D eigenvalue weighted by atomic mass is 10.0. The van der Waals surface area contributed by atoms with Crippen molar-refractivity contribution in [3.63, 3.8) is 0 Å². The second-order valence-corrected chi connectivity index (χ2v) is 7.02. The molecule has 1 aliphatic heterocycles. The van der Waals surface area contributed by atoms with Crippen LogP contribution in [-0.2, 0) is 0 Å². The van der Waals surface area contributed by atoms with Gasteiger partial charge in [0, 0.05) is 18.8 Å². The van der Waals surface area contributed by atoms with Crippen LogP contribution in [0.4, 0.5) is 22.1 Å². The summed E-state index contributed by atoms with van der Waals surface area (Å²) >= 11 is 0. The molecule has 3 aromatic heterocycles. The van der Waals surface area contributed by atoms with Gasteiger partial charge in [-0.1, -0.05) is 18.2 Å². The van der Waals surface area contributed by atoms with Gasteiger partial charge in [0.05, 0.1) is 17.4 Å². The van der Waals surface area contributed by atoms with Crippen LogP contribution in [0.2, 0.25) is 0 Å². The Morgan fingerprint density at radius 3 is 2.80 bits per heavy atom. The average Bonchev–Trinajstić information content (AvgIpc) is 3.45. The van der Waals surface area contributed by atoms with Crippen LogP contribution in [0, 0.1) is 5.82 Å². The van der Waals surface area contributed by atoms with Crippen molar-refractivity contribution in [2.75, 3.05) is 16.8 Å². The molecule has 2 N–H and O–H groups in total. The molecule has 4 aromatic rings. The summed E-state index contributed by atoms with van der Waals surface area (Å²) in [6, 6.07) is 14.3. The van der Waals surface area contributed by atoms with E-state index >= 15 is 0 Å². The van der Waals surface area contributed by atoms with Crippen molar-refractivity contribution in [3.8, 4) is 11.4 Å². The van der Waals surface area contributed by atoms with Crippen molar-refractivity contribution in [2.45, 2.75) is 18.9 Å². The topological polar surface area (TPSA) is 95.5 Å². The number of nitrogens with one attached hydrogen (secondary N) is 2. The molecule has 1 unspecified atom stereocenters. The average molecular weight is 402 g/mol. The van der Waals surface area contributed by atoms with Gasteiger partial charge in [0.2, 0.25) is 11.9 Å². The van der Waals surface area contributed by atoms with E-state index in [1.807, 2.05) is 36.4 Å². The third-order valence-electron chi connectivity index (χ3n) is 5.08. The van der Waals surface area contributed by atoms with Crippen molar-refractivity contribution >= 4 is 17.7 Å². The fourth-order valence-electron chi connectivity index (χ4n) is 3.68. The first-order valence-corrected chi connectivity index (χ1v) is 9.71. The molecule has 0 bridgehead atoms. The van der Waals surface area contributed by atoms with E-state index in [0.717, 1.165) is 36.3 Å². The number of halogens is 1. The van der Waals surface area contributed by atoms with Gasteiger partial charge in [0.15, 0.2) is 5.82 Å². The minimum Gasteiger partial charge on any atom is -0.334 e. The summed E-state index contributed by atoms with van der Waals surface area (Å²) < 4.78 is 13.3. The minimum absolute atomic E-state index is 0.113. The molecule has 0 spiro atoms. The molecule has 0 amide bonds. The van der Waals surface area contributed by atoms with Gasteiger partial charge < -0.3 is 10.2 Å². The zero-order valence-electron chi connectivity index (χ0n) is 16.0. The normalized spacial score (nSPS) is 16.0. The largest absolute Gasteiger partial charge is 0.334 e. The summed E-state index contributed by atoms with van der Waals surface area (Å²) in [5.74, 6) is 1.34. The Hall–Kier alpha value is -3.88. The maximum Gasteiger partial charge on any atom is 0.233 e. The van der Waals surface area contributed by atoms with Crippen LogP contribution in [0.25, 0.3) is 11.4 Å². The fourth-order valence-corrected chi connectivity index (χ4v) is 3.68. The van der Waals surface area contributed by atoms with E-state index < -0.39 is 0 Å². The van der Waals surface area contributed by atoms with E-state index in [1.165, 1.54) is 18.5 Å². The zero-order valence-corrected chi connectivity index (χ0v) is 16.0. The number of H-pyrrole nitrogens is 1. The molecular formula is C21H19FN8. The summed E-state index contributed by atoms with van der Waals surface area (Å²) in [6.45, 7) is 0.831. The third kappa shape index (κ3) is 3.69. The highest BCUT2D eigenvalue weighted by molar-refractivity contribution is 5.61. The molecule has 0 saturated carbocycles. The molecule has 0 aliphatic carbocycles. The number of anilines is 3. The minimum atomic E-state index is -0.237. The molecule has 1 fully saturated rings. The van der Waals surface area contributed by atoms with Gasteiger partial charge in [-0.15, -0.1) is 0 Å².